The Morgan fingerprint density at radius 2 is 1.41 bits per heavy atom. The predicted octanol–water partition coefficient (Wildman–Crippen LogP) is 7.61. The molecule has 3 aliphatic rings. The largest absolute Gasteiger partial charge is 0.444 e. The summed E-state index contributed by atoms with van der Waals surface area (Å²) in [5.74, 6) is 1.80. The first-order valence-corrected chi connectivity index (χ1v) is 14.0. The van der Waals surface area contributed by atoms with Gasteiger partial charge in [-0.3, -0.25) is 0 Å². The van der Waals surface area contributed by atoms with Crippen LogP contribution >= 0.6 is 0 Å². The number of pyridine rings is 2. The minimum absolute atomic E-state index is 0.408. The maximum atomic E-state index is 6.77. The van der Waals surface area contributed by atoms with Gasteiger partial charge >= 0.3 is 11.3 Å². The molecule has 0 saturated heterocycles. The molecule has 8 aromatic rings. The number of para-hydroxylation sites is 4. The van der Waals surface area contributed by atoms with Crippen molar-refractivity contribution in [3.8, 4) is 33.9 Å². The van der Waals surface area contributed by atoms with Crippen molar-refractivity contribution >= 4 is 49.7 Å². The van der Waals surface area contributed by atoms with Crippen LogP contribution in [0.1, 0.15) is 0 Å². The highest BCUT2D eigenvalue weighted by atomic mass is 16.5. The Kier molecular flexibility index (Phi) is 3.29. The maximum absolute atomic E-state index is 6.77. The van der Waals surface area contributed by atoms with Crippen LogP contribution in [0.25, 0.3) is 60.7 Å². The Labute approximate surface area is 234 Å². The third kappa shape index (κ3) is 2.07. The van der Waals surface area contributed by atoms with Crippen molar-refractivity contribution in [2.24, 2.45) is 0 Å². The van der Waals surface area contributed by atoms with E-state index in [9.17, 15) is 0 Å². The molecule has 188 valence electrons. The van der Waals surface area contributed by atoms with Gasteiger partial charge in [0, 0.05) is 32.3 Å². The van der Waals surface area contributed by atoms with Gasteiger partial charge in [-0.05, 0) is 53.6 Å². The van der Waals surface area contributed by atoms with E-state index in [1.807, 2.05) is 0 Å². The highest BCUT2D eigenvalue weighted by Gasteiger charge is 2.71. The van der Waals surface area contributed by atoms with Gasteiger partial charge in [-0.25, -0.2) is 0 Å². The lowest BCUT2D eigenvalue weighted by atomic mass is 10.0. The summed E-state index contributed by atoms with van der Waals surface area (Å²) in [4.78, 5) is 0. The second-order valence-corrected chi connectivity index (χ2v) is 11.2. The summed E-state index contributed by atoms with van der Waals surface area (Å²) < 4.78 is 14.6. The van der Waals surface area contributed by atoms with Crippen molar-refractivity contribution in [1.82, 2.24) is 9.10 Å². The third-order valence-electron chi connectivity index (χ3n) is 9.32. The molecule has 11 rings (SSSR count). The SMILES string of the molecule is c1ccc(-c2cc[n+]3c(c2)-c2cccc4c2[N+]32c3c(ccc5c6ccccc6n6c7ccccc7[n+]2c6c35)O4)cc1. The molecule has 3 aromatic heterocycles. The van der Waals surface area contributed by atoms with Crippen LogP contribution in [-0.2, 0) is 0 Å². The highest BCUT2D eigenvalue weighted by molar-refractivity contribution is 6.19. The molecule has 5 aromatic carbocycles. The van der Waals surface area contributed by atoms with Crippen LogP contribution in [0.3, 0.4) is 0 Å². The number of ether oxygens (including phenoxy) is 1. The first kappa shape index (κ1) is 20.4. The van der Waals surface area contributed by atoms with Gasteiger partial charge in [0.2, 0.25) is 11.7 Å². The minimum Gasteiger partial charge on any atom is -0.444 e. The molecule has 1 atom stereocenters. The summed E-state index contributed by atoms with van der Waals surface area (Å²) >= 11 is 0. The quantitative estimate of drug-likeness (QED) is 0.123. The Morgan fingerprint density at radius 3 is 2.34 bits per heavy atom. The molecule has 0 bridgehead atoms. The predicted molar refractivity (Wildman–Crippen MR) is 160 cm³/mol. The van der Waals surface area contributed by atoms with Crippen LogP contribution in [0.4, 0.5) is 11.4 Å². The number of imidazole rings is 1. The van der Waals surface area contributed by atoms with Crippen LogP contribution in [0.15, 0.2) is 128 Å². The fraction of sp³-hybridized carbons (Fsp3) is 0. The summed E-state index contributed by atoms with van der Waals surface area (Å²) in [7, 11) is 0. The van der Waals surface area contributed by atoms with E-state index in [0.717, 1.165) is 17.2 Å². The van der Waals surface area contributed by atoms with Gasteiger partial charge in [-0.1, -0.05) is 66.7 Å². The lowest BCUT2D eigenvalue weighted by molar-refractivity contribution is -1.01. The molecule has 3 aliphatic heterocycles. The van der Waals surface area contributed by atoms with Gasteiger partial charge in [-0.2, -0.15) is 4.40 Å². The number of hydrogen-bond acceptors (Lipinski definition) is 1. The fourth-order valence-corrected chi connectivity index (χ4v) is 7.85. The molecule has 1 spiro atoms. The molecular weight excluding hydrogens is 504 g/mol. The molecule has 0 saturated carbocycles. The molecule has 0 fully saturated rings. The standard InChI is InChI=1S/C36H21N4O/c1-2-9-22(10-3-1)23-19-20-37-30(21-23)26-12-8-16-31-34(26)40(37)35-32(41-31)18-17-25-24-11-4-5-13-27(24)38-28-14-6-7-15-29(28)39(40)36(38)33(25)35/h1-21H/q+3. The fourth-order valence-electron chi connectivity index (χ4n) is 7.85. The zero-order valence-electron chi connectivity index (χ0n) is 21.8. The molecule has 5 heteroatoms. The van der Waals surface area contributed by atoms with E-state index in [-0.39, 0.29) is 0 Å². The van der Waals surface area contributed by atoms with Gasteiger partial charge in [-0.15, -0.1) is 0 Å². The lowest BCUT2D eigenvalue weighted by Gasteiger charge is -2.26. The number of aromatic nitrogens is 3. The summed E-state index contributed by atoms with van der Waals surface area (Å²) in [6.07, 6.45) is 2.27. The van der Waals surface area contributed by atoms with Crippen molar-refractivity contribution < 1.29 is 14.1 Å². The molecule has 6 heterocycles. The van der Waals surface area contributed by atoms with E-state index in [2.05, 4.69) is 141 Å². The van der Waals surface area contributed by atoms with E-state index in [4.69, 9.17) is 4.74 Å². The lowest BCUT2D eigenvalue weighted by Crippen LogP contribution is -2.81. The van der Waals surface area contributed by atoms with Crippen molar-refractivity contribution in [3.63, 3.8) is 0 Å². The van der Waals surface area contributed by atoms with E-state index in [1.54, 1.807) is 0 Å². The normalized spacial score (nSPS) is 17.1. The zero-order valence-corrected chi connectivity index (χ0v) is 21.8. The smallest absolute Gasteiger partial charge is 0.360 e. The van der Waals surface area contributed by atoms with Crippen LogP contribution in [0, 0.1) is 0 Å². The van der Waals surface area contributed by atoms with Gasteiger partial charge < -0.3 is 4.74 Å². The van der Waals surface area contributed by atoms with Gasteiger partial charge in [0.25, 0.3) is 11.4 Å². The molecule has 0 radical (unpaired) electrons. The molecular formula is C36H21N4O+3. The highest BCUT2D eigenvalue weighted by Crippen LogP contribution is 2.61. The number of nitrogens with zero attached hydrogens (tertiary/aromatic N) is 4. The average Bonchev–Trinajstić information content (AvgIpc) is 3.65. The molecule has 0 N–H and O–H groups in total. The topological polar surface area (TPSA) is 21.4 Å². The van der Waals surface area contributed by atoms with Crippen LogP contribution in [0.5, 0.6) is 11.5 Å². The van der Waals surface area contributed by atoms with Gasteiger partial charge in [0.15, 0.2) is 22.4 Å². The monoisotopic (exact) mass is 525 g/mol. The average molecular weight is 526 g/mol. The molecule has 41 heavy (non-hydrogen) atoms. The minimum atomic E-state index is 0.408. The molecule has 0 amide bonds. The number of fused-ring (bicyclic) bond motifs is 8. The van der Waals surface area contributed by atoms with Crippen molar-refractivity contribution in [3.05, 3.63) is 128 Å². The number of quaternary nitrogens is 1. The molecule has 5 nitrogen and oxygen atoms in total. The van der Waals surface area contributed by atoms with E-state index >= 15 is 0 Å². The second-order valence-electron chi connectivity index (χ2n) is 11.2. The molecule has 0 aliphatic carbocycles. The van der Waals surface area contributed by atoms with Gasteiger partial charge in [0.05, 0.1) is 0 Å². The first-order valence-electron chi connectivity index (χ1n) is 14.0. The van der Waals surface area contributed by atoms with Crippen LogP contribution in [0.2, 0.25) is 0 Å². The number of hydrogen-bond donors (Lipinski definition) is 0. The Morgan fingerprint density at radius 1 is 0.610 bits per heavy atom. The first-order chi connectivity index (χ1) is 20.4. The second kappa shape index (κ2) is 6.61. The third-order valence-corrected chi connectivity index (χ3v) is 9.32. The summed E-state index contributed by atoms with van der Waals surface area (Å²) in [5.41, 5.74) is 11.9. The van der Waals surface area contributed by atoms with E-state index < -0.39 is 0 Å². The Bertz CT molecular complexity index is 2510. The van der Waals surface area contributed by atoms with E-state index in [1.165, 1.54) is 66.4 Å². The summed E-state index contributed by atoms with van der Waals surface area (Å²) in [5, 5.41) is 3.73. The number of rotatable bonds is 1. The van der Waals surface area contributed by atoms with Crippen LogP contribution < -0.4 is 18.8 Å². The van der Waals surface area contributed by atoms with Crippen molar-refractivity contribution in [2.75, 3.05) is 0 Å². The van der Waals surface area contributed by atoms with Crippen molar-refractivity contribution in [1.29, 1.82) is 0 Å². The summed E-state index contributed by atoms with van der Waals surface area (Å²) in [6.45, 7) is 0. The van der Waals surface area contributed by atoms with E-state index in [0.29, 0.717) is 4.70 Å². The summed E-state index contributed by atoms with van der Waals surface area (Å²) in [6, 6.07) is 43.7. The Hall–Kier alpha value is -5.52. The van der Waals surface area contributed by atoms with Crippen molar-refractivity contribution in [2.45, 2.75) is 0 Å². The van der Waals surface area contributed by atoms with Crippen LogP contribution in [-0.4, -0.2) is 4.40 Å². The maximum Gasteiger partial charge on any atom is 0.360 e. The zero-order chi connectivity index (χ0) is 26.4. The number of benzene rings is 5. The van der Waals surface area contributed by atoms with Gasteiger partial charge in [0.1, 0.15) is 15.8 Å². The molecule has 1 unspecified atom stereocenters. The Balaban J connectivity index is 1.42.